The van der Waals surface area contributed by atoms with Crippen LogP contribution in [0.25, 0.3) is 0 Å². The Morgan fingerprint density at radius 3 is 2.44 bits per heavy atom. The third-order valence-electron chi connectivity index (χ3n) is 3.51. The Kier molecular flexibility index (Phi) is 5.02. The first-order chi connectivity index (χ1) is 8.79. The Bertz CT molecular complexity index is 341. The average Bonchev–Trinajstić information content (AvgIpc) is 2.89. The van der Waals surface area contributed by atoms with Gasteiger partial charge in [-0.25, -0.2) is 0 Å². The highest BCUT2D eigenvalue weighted by Gasteiger charge is 2.16. The van der Waals surface area contributed by atoms with Crippen LogP contribution < -0.4 is 4.74 Å². The minimum atomic E-state index is -0.488. The van der Waals surface area contributed by atoms with Crippen molar-refractivity contribution in [1.82, 2.24) is 0 Å². The molecular formula is C15H22O3. The van der Waals surface area contributed by atoms with Crippen molar-refractivity contribution in [3.63, 3.8) is 0 Å². The van der Waals surface area contributed by atoms with E-state index in [0.29, 0.717) is 18.9 Å². The first-order valence-corrected chi connectivity index (χ1v) is 6.85. The van der Waals surface area contributed by atoms with E-state index in [0.717, 1.165) is 24.2 Å². The summed E-state index contributed by atoms with van der Waals surface area (Å²) in [6, 6.07) is 7.67. The van der Waals surface area contributed by atoms with Crippen molar-refractivity contribution < 1.29 is 14.9 Å². The van der Waals surface area contributed by atoms with Gasteiger partial charge in [-0.05, 0) is 56.2 Å². The second-order valence-corrected chi connectivity index (χ2v) is 4.97. The Morgan fingerprint density at radius 2 is 1.83 bits per heavy atom. The lowest BCUT2D eigenvalue weighted by Crippen LogP contribution is -2.10. The van der Waals surface area contributed by atoms with Gasteiger partial charge in [-0.3, -0.25) is 0 Å². The fourth-order valence-corrected chi connectivity index (χ4v) is 2.42. The largest absolute Gasteiger partial charge is 0.490 e. The van der Waals surface area contributed by atoms with Crippen molar-refractivity contribution in [2.24, 2.45) is 0 Å². The van der Waals surface area contributed by atoms with E-state index >= 15 is 0 Å². The third-order valence-corrected chi connectivity index (χ3v) is 3.51. The van der Waals surface area contributed by atoms with Crippen molar-refractivity contribution in [1.29, 1.82) is 0 Å². The van der Waals surface area contributed by atoms with Gasteiger partial charge in [0.05, 0.1) is 12.2 Å². The van der Waals surface area contributed by atoms with Crippen LogP contribution in [-0.4, -0.2) is 22.9 Å². The zero-order valence-corrected chi connectivity index (χ0v) is 10.7. The van der Waals surface area contributed by atoms with Gasteiger partial charge in [0.15, 0.2) is 0 Å². The minimum absolute atomic E-state index is 0.125. The summed E-state index contributed by atoms with van der Waals surface area (Å²) < 4.78 is 5.87. The lowest BCUT2D eigenvalue weighted by Gasteiger charge is -2.14. The summed E-state index contributed by atoms with van der Waals surface area (Å²) >= 11 is 0. The van der Waals surface area contributed by atoms with Crippen LogP contribution in [-0.2, 0) is 0 Å². The van der Waals surface area contributed by atoms with E-state index in [1.54, 1.807) is 0 Å². The molecule has 1 saturated carbocycles. The standard InChI is InChI=1S/C15H22O3/c16-11-3-6-15(17)12-7-9-14(10-8-12)18-13-4-1-2-5-13/h7-10,13,15-17H,1-6,11H2. The second kappa shape index (κ2) is 6.76. The highest BCUT2D eigenvalue weighted by Crippen LogP contribution is 2.26. The quantitative estimate of drug-likeness (QED) is 0.816. The van der Waals surface area contributed by atoms with Crippen molar-refractivity contribution in [2.75, 3.05) is 6.61 Å². The zero-order valence-electron chi connectivity index (χ0n) is 10.7. The molecule has 1 aromatic rings. The van der Waals surface area contributed by atoms with Crippen molar-refractivity contribution in [3.05, 3.63) is 29.8 Å². The maximum absolute atomic E-state index is 9.87. The molecule has 1 aliphatic carbocycles. The molecule has 2 N–H and O–H groups in total. The number of aliphatic hydroxyl groups is 2. The molecular weight excluding hydrogens is 228 g/mol. The van der Waals surface area contributed by atoms with Crippen LogP contribution in [0.2, 0.25) is 0 Å². The first-order valence-electron chi connectivity index (χ1n) is 6.85. The molecule has 3 heteroatoms. The molecule has 0 radical (unpaired) electrons. The molecule has 1 aromatic carbocycles. The summed E-state index contributed by atoms with van der Waals surface area (Å²) in [7, 11) is 0. The van der Waals surface area contributed by atoms with Gasteiger partial charge in [0.25, 0.3) is 0 Å². The SMILES string of the molecule is OCCCC(O)c1ccc(OC2CCCC2)cc1. The molecule has 3 nitrogen and oxygen atoms in total. The first kappa shape index (κ1) is 13.4. The summed E-state index contributed by atoms with van der Waals surface area (Å²) in [6.07, 6.45) is 5.95. The highest BCUT2D eigenvalue weighted by atomic mass is 16.5. The van der Waals surface area contributed by atoms with E-state index in [1.165, 1.54) is 12.8 Å². The van der Waals surface area contributed by atoms with Gasteiger partial charge in [-0.15, -0.1) is 0 Å². The molecule has 0 bridgehead atoms. The predicted octanol–water partition coefficient (Wildman–Crippen LogP) is 2.81. The van der Waals surface area contributed by atoms with Crippen LogP contribution in [0, 0.1) is 0 Å². The summed E-state index contributed by atoms with van der Waals surface area (Å²) in [5.41, 5.74) is 0.891. The molecule has 0 aliphatic heterocycles. The minimum Gasteiger partial charge on any atom is -0.490 e. The summed E-state index contributed by atoms with van der Waals surface area (Å²) in [4.78, 5) is 0. The maximum atomic E-state index is 9.87. The van der Waals surface area contributed by atoms with Crippen molar-refractivity contribution >= 4 is 0 Å². The number of ether oxygens (including phenoxy) is 1. The lowest BCUT2D eigenvalue weighted by atomic mass is 10.1. The van der Waals surface area contributed by atoms with E-state index in [2.05, 4.69) is 0 Å². The molecule has 0 heterocycles. The van der Waals surface area contributed by atoms with Crippen LogP contribution in [0.5, 0.6) is 5.75 Å². The van der Waals surface area contributed by atoms with Crippen LogP contribution in [0.3, 0.4) is 0 Å². The molecule has 0 spiro atoms. The van der Waals surface area contributed by atoms with Crippen molar-refractivity contribution in [3.8, 4) is 5.75 Å². The molecule has 2 rings (SSSR count). The number of aliphatic hydroxyl groups excluding tert-OH is 2. The Morgan fingerprint density at radius 1 is 1.17 bits per heavy atom. The molecule has 0 amide bonds. The molecule has 0 aromatic heterocycles. The maximum Gasteiger partial charge on any atom is 0.119 e. The molecule has 0 saturated heterocycles. The van der Waals surface area contributed by atoms with E-state index < -0.39 is 6.10 Å². The fourth-order valence-electron chi connectivity index (χ4n) is 2.42. The lowest BCUT2D eigenvalue weighted by molar-refractivity contribution is 0.151. The summed E-state index contributed by atoms with van der Waals surface area (Å²) in [5, 5.41) is 18.6. The van der Waals surface area contributed by atoms with E-state index in [4.69, 9.17) is 9.84 Å². The zero-order chi connectivity index (χ0) is 12.8. The van der Waals surface area contributed by atoms with E-state index in [1.807, 2.05) is 24.3 Å². The van der Waals surface area contributed by atoms with Gasteiger partial charge < -0.3 is 14.9 Å². The van der Waals surface area contributed by atoms with Crippen LogP contribution in [0.1, 0.15) is 50.2 Å². The smallest absolute Gasteiger partial charge is 0.119 e. The Hall–Kier alpha value is -1.06. The van der Waals surface area contributed by atoms with Crippen LogP contribution in [0.15, 0.2) is 24.3 Å². The molecule has 1 atom stereocenters. The number of hydrogen-bond donors (Lipinski definition) is 2. The van der Waals surface area contributed by atoms with E-state index in [9.17, 15) is 5.11 Å². The van der Waals surface area contributed by atoms with Gasteiger partial charge in [0, 0.05) is 6.61 Å². The topological polar surface area (TPSA) is 49.7 Å². The molecule has 1 fully saturated rings. The molecule has 100 valence electrons. The molecule has 1 unspecified atom stereocenters. The Balaban J connectivity index is 1.88. The number of benzene rings is 1. The number of rotatable bonds is 6. The van der Waals surface area contributed by atoms with Crippen LogP contribution >= 0.6 is 0 Å². The monoisotopic (exact) mass is 250 g/mol. The van der Waals surface area contributed by atoms with Gasteiger partial charge >= 0.3 is 0 Å². The van der Waals surface area contributed by atoms with Gasteiger partial charge in [-0.2, -0.15) is 0 Å². The fraction of sp³-hybridized carbons (Fsp3) is 0.600. The number of hydrogen-bond acceptors (Lipinski definition) is 3. The predicted molar refractivity (Wildman–Crippen MR) is 70.6 cm³/mol. The van der Waals surface area contributed by atoms with E-state index in [-0.39, 0.29) is 6.61 Å². The third kappa shape index (κ3) is 3.72. The second-order valence-electron chi connectivity index (χ2n) is 4.97. The average molecular weight is 250 g/mol. The molecule has 18 heavy (non-hydrogen) atoms. The molecule has 1 aliphatic rings. The van der Waals surface area contributed by atoms with Crippen molar-refractivity contribution in [2.45, 2.75) is 50.7 Å². The summed E-state index contributed by atoms with van der Waals surface area (Å²) in [5.74, 6) is 0.889. The highest BCUT2D eigenvalue weighted by molar-refractivity contribution is 5.28. The van der Waals surface area contributed by atoms with Gasteiger partial charge in [0.2, 0.25) is 0 Å². The summed E-state index contributed by atoms with van der Waals surface area (Å²) in [6.45, 7) is 0.125. The van der Waals surface area contributed by atoms with Crippen LogP contribution in [0.4, 0.5) is 0 Å². The van der Waals surface area contributed by atoms with Gasteiger partial charge in [-0.1, -0.05) is 12.1 Å². The Labute approximate surface area is 108 Å². The van der Waals surface area contributed by atoms with Gasteiger partial charge in [0.1, 0.15) is 5.75 Å². The normalized spacial score (nSPS) is 17.9.